The van der Waals surface area contributed by atoms with Gasteiger partial charge in [0.05, 0.1) is 26.5 Å². The quantitative estimate of drug-likeness (QED) is 0.594. The minimum absolute atomic E-state index is 0.00368. The zero-order valence-electron chi connectivity index (χ0n) is 18.1. The molecule has 0 saturated carbocycles. The van der Waals surface area contributed by atoms with Crippen molar-refractivity contribution in [2.24, 2.45) is 0 Å². The lowest BCUT2D eigenvalue weighted by molar-refractivity contribution is -1.02. The van der Waals surface area contributed by atoms with Crippen LogP contribution in [0.1, 0.15) is 12.5 Å². The predicted molar refractivity (Wildman–Crippen MR) is 119 cm³/mol. The average Bonchev–Trinajstić information content (AvgIpc) is 2.79. The van der Waals surface area contributed by atoms with E-state index in [0.29, 0.717) is 17.2 Å². The first-order valence-corrected chi connectivity index (χ1v) is 10.5. The van der Waals surface area contributed by atoms with Gasteiger partial charge < -0.3 is 24.6 Å². The molecule has 0 unspecified atom stereocenters. The molecule has 0 radical (unpaired) electrons. The number of benzene rings is 2. The molecule has 1 fully saturated rings. The van der Waals surface area contributed by atoms with Gasteiger partial charge in [-0.05, 0) is 30.7 Å². The lowest BCUT2D eigenvalue weighted by Gasteiger charge is -2.32. The number of hydrogen-bond acceptors (Lipinski definition) is 3. The molecule has 0 aliphatic carbocycles. The van der Waals surface area contributed by atoms with Crippen LogP contribution in [0.4, 0.5) is 5.69 Å². The number of quaternary nitrogens is 2. The number of methoxy groups -OCH3 is 2. The smallest absolute Gasteiger partial charge is 0.282 e. The Morgan fingerprint density at radius 3 is 2.47 bits per heavy atom. The fourth-order valence-electron chi connectivity index (χ4n) is 3.83. The maximum absolute atomic E-state index is 12.8. The molecule has 6 heteroatoms. The van der Waals surface area contributed by atoms with Crippen molar-refractivity contribution in [3.05, 3.63) is 60.2 Å². The van der Waals surface area contributed by atoms with Gasteiger partial charge in [0.2, 0.25) is 0 Å². The third kappa shape index (κ3) is 5.84. The van der Waals surface area contributed by atoms with Gasteiger partial charge in [-0.25, -0.2) is 0 Å². The third-order valence-corrected chi connectivity index (χ3v) is 5.79. The monoisotopic (exact) mass is 411 g/mol. The van der Waals surface area contributed by atoms with Crippen LogP contribution in [-0.4, -0.2) is 58.9 Å². The Morgan fingerprint density at radius 1 is 1.07 bits per heavy atom. The van der Waals surface area contributed by atoms with Gasteiger partial charge in [0.15, 0.2) is 6.04 Å². The van der Waals surface area contributed by atoms with E-state index in [2.05, 4.69) is 41.7 Å². The van der Waals surface area contributed by atoms with Crippen molar-refractivity contribution in [1.82, 2.24) is 0 Å². The van der Waals surface area contributed by atoms with Crippen LogP contribution in [0, 0.1) is 0 Å². The summed E-state index contributed by atoms with van der Waals surface area (Å²) < 4.78 is 10.6. The molecule has 6 nitrogen and oxygen atoms in total. The Bertz CT molecular complexity index is 846. The lowest BCUT2D eigenvalue weighted by atomic mass is 10.2. The van der Waals surface area contributed by atoms with E-state index in [1.165, 1.54) is 10.5 Å². The third-order valence-electron chi connectivity index (χ3n) is 5.79. The number of anilines is 1. The topological polar surface area (TPSA) is 56.4 Å². The second-order valence-electron chi connectivity index (χ2n) is 7.70. The molecule has 0 spiro atoms. The molecule has 1 aliphatic rings. The first-order valence-electron chi connectivity index (χ1n) is 10.5. The lowest BCUT2D eigenvalue weighted by Crippen LogP contribution is -3.29. The summed E-state index contributed by atoms with van der Waals surface area (Å²) in [5.74, 6) is 1.32. The maximum atomic E-state index is 12.8. The van der Waals surface area contributed by atoms with E-state index < -0.39 is 0 Å². The van der Waals surface area contributed by atoms with Gasteiger partial charge in [-0.3, -0.25) is 4.79 Å². The second kappa shape index (κ2) is 10.8. The number of carbonyl (C=O) groups is 1. The van der Waals surface area contributed by atoms with Gasteiger partial charge in [0.25, 0.3) is 5.91 Å². The minimum atomic E-state index is -0.123. The number of nitrogens with one attached hydrogen (secondary N) is 3. The summed E-state index contributed by atoms with van der Waals surface area (Å²) in [6, 6.07) is 15.7. The van der Waals surface area contributed by atoms with Crippen LogP contribution in [0.2, 0.25) is 0 Å². The van der Waals surface area contributed by atoms with E-state index in [-0.39, 0.29) is 11.9 Å². The average molecular weight is 412 g/mol. The molecular weight excluding hydrogens is 378 g/mol. The van der Waals surface area contributed by atoms with Crippen molar-refractivity contribution in [2.45, 2.75) is 13.0 Å². The summed E-state index contributed by atoms with van der Waals surface area (Å²) in [5, 5.41) is 3.01. The fraction of sp³-hybridized carbons (Fsp3) is 0.375. The molecule has 160 valence electrons. The molecule has 1 heterocycles. The van der Waals surface area contributed by atoms with E-state index in [1.807, 2.05) is 19.1 Å². The number of piperazine rings is 1. The van der Waals surface area contributed by atoms with Gasteiger partial charge in [0, 0.05) is 6.07 Å². The van der Waals surface area contributed by atoms with Crippen molar-refractivity contribution in [2.75, 3.05) is 52.3 Å². The van der Waals surface area contributed by atoms with Crippen molar-refractivity contribution < 1.29 is 24.1 Å². The van der Waals surface area contributed by atoms with Crippen LogP contribution in [0.15, 0.2) is 54.6 Å². The molecular formula is C24H33N3O3+2. The summed E-state index contributed by atoms with van der Waals surface area (Å²) >= 11 is 0. The van der Waals surface area contributed by atoms with Crippen LogP contribution in [0.5, 0.6) is 11.5 Å². The Labute approximate surface area is 179 Å². The molecule has 1 amide bonds. The summed E-state index contributed by atoms with van der Waals surface area (Å²) in [6.07, 6.45) is 4.44. The molecule has 30 heavy (non-hydrogen) atoms. The molecule has 1 atom stereocenters. The molecule has 2 aromatic rings. The molecule has 1 saturated heterocycles. The first kappa shape index (κ1) is 21.9. The number of ether oxygens (including phenoxy) is 2. The second-order valence-corrected chi connectivity index (χ2v) is 7.70. The van der Waals surface area contributed by atoms with Crippen LogP contribution in [0.25, 0.3) is 6.08 Å². The van der Waals surface area contributed by atoms with Crippen molar-refractivity contribution in [1.29, 1.82) is 0 Å². The van der Waals surface area contributed by atoms with Crippen LogP contribution < -0.4 is 24.6 Å². The highest BCUT2D eigenvalue weighted by Gasteiger charge is 2.31. The van der Waals surface area contributed by atoms with Gasteiger partial charge >= 0.3 is 0 Å². The highest BCUT2D eigenvalue weighted by Crippen LogP contribution is 2.28. The van der Waals surface area contributed by atoms with Gasteiger partial charge in [-0.15, -0.1) is 0 Å². The van der Waals surface area contributed by atoms with Crippen LogP contribution in [0.3, 0.4) is 0 Å². The number of carbonyl (C=O) groups excluding carboxylic acids is 1. The molecule has 3 rings (SSSR count). The number of rotatable bonds is 8. The Balaban J connectivity index is 1.49. The normalized spacial score (nSPS) is 20.0. The van der Waals surface area contributed by atoms with E-state index in [4.69, 9.17) is 9.47 Å². The Hall–Kier alpha value is -2.83. The number of amides is 1. The van der Waals surface area contributed by atoms with Gasteiger partial charge in [-0.1, -0.05) is 36.4 Å². The Kier molecular flexibility index (Phi) is 7.88. The summed E-state index contributed by atoms with van der Waals surface area (Å²) in [6.45, 7) is 7.11. The summed E-state index contributed by atoms with van der Waals surface area (Å²) in [4.78, 5) is 15.7. The molecule has 1 aliphatic heterocycles. The SMILES string of the molecule is COc1ccc(OC)c(NC(=O)[C@H](C)[NH+]2CC[NH+](C/C=C/c3ccccc3)CC2)c1. The summed E-state index contributed by atoms with van der Waals surface area (Å²) in [5.41, 5.74) is 1.88. The van der Waals surface area contributed by atoms with Crippen LogP contribution in [-0.2, 0) is 4.79 Å². The van der Waals surface area contributed by atoms with E-state index in [0.717, 1.165) is 32.7 Å². The van der Waals surface area contributed by atoms with Crippen molar-refractivity contribution in [3.63, 3.8) is 0 Å². The summed E-state index contributed by atoms with van der Waals surface area (Å²) in [7, 11) is 3.21. The molecule has 0 bridgehead atoms. The zero-order valence-corrected chi connectivity index (χ0v) is 18.1. The largest absolute Gasteiger partial charge is 0.497 e. The van der Waals surface area contributed by atoms with Gasteiger partial charge in [0.1, 0.15) is 37.7 Å². The van der Waals surface area contributed by atoms with E-state index >= 15 is 0 Å². The standard InChI is InChI=1S/C24H31N3O3/c1-19(24(28)25-22-18-21(29-2)11-12-23(22)30-3)27-16-14-26(15-17-27)13-7-10-20-8-5-4-6-9-20/h4-12,18-19H,13-17H2,1-3H3,(H,25,28)/p+2/b10-7+/t19-/m0/s1. The molecule has 2 aromatic carbocycles. The van der Waals surface area contributed by atoms with E-state index in [9.17, 15) is 4.79 Å². The zero-order chi connectivity index (χ0) is 21.3. The highest BCUT2D eigenvalue weighted by molar-refractivity contribution is 5.95. The fourth-order valence-corrected chi connectivity index (χ4v) is 3.83. The molecule has 0 aromatic heterocycles. The predicted octanol–water partition coefficient (Wildman–Crippen LogP) is 0.528. The van der Waals surface area contributed by atoms with E-state index in [1.54, 1.807) is 31.3 Å². The van der Waals surface area contributed by atoms with Crippen molar-refractivity contribution >= 4 is 17.7 Å². The van der Waals surface area contributed by atoms with Crippen molar-refractivity contribution in [3.8, 4) is 11.5 Å². The van der Waals surface area contributed by atoms with Gasteiger partial charge in [-0.2, -0.15) is 0 Å². The maximum Gasteiger partial charge on any atom is 0.282 e. The first-order chi connectivity index (χ1) is 14.6. The van der Waals surface area contributed by atoms with Crippen LogP contribution >= 0.6 is 0 Å². The molecule has 3 N–H and O–H groups in total. The highest BCUT2D eigenvalue weighted by atomic mass is 16.5. The number of hydrogen-bond donors (Lipinski definition) is 3. The minimum Gasteiger partial charge on any atom is -0.497 e. The Morgan fingerprint density at radius 2 is 1.80 bits per heavy atom.